The van der Waals surface area contributed by atoms with Gasteiger partial charge in [-0.25, -0.2) is 9.69 Å². The van der Waals surface area contributed by atoms with E-state index in [4.69, 9.17) is 25.8 Å². The van der Waals surface area contributed by atoms with Crippen LogP contribution in [0.4, 0.5) is 10.5 Å². The minimum Gasteiger partial charge on any atom is -0.495 e. The van der Waals surface area contributed by atoms with Gasteiger partial charge in [0.2, 0.25) is 0 Å². The highest BCUT2D eigenvalue weighted by atomic mass is 79.9. The number of urea groups is 1. The number of nitrogens with one attached hydrogen (secondary N) is 1. The summed E-state index contributed by atoms with van der Waals surface area (Å²) in [5.41, 5.74) is 1.39. The summed E-state index contributed by atoms with van der Waals surface area (Å²) in [6, 6.07) is 16.7. The molecule has 1 saturated heterocycles. The lowest BCUT2D eigenvalue weighted by Crippen LogP contribution is -2.54. The lowest BCUT2D eigenvalue weighted by atomic mass is 10.1. The van der Waals surface area contributed by atoms with E-state index in [1.54, 1.807) is 18.2 Å². The number of methoxy groups -OCH3 is 2. The first-order valence-electron chi connectivity index (χ1n) is 10.6. The van der Waals surface area contributed by atoms with Gasteiger partial charge in [-0.05, 0) is 45.3 Å². The number of amides is 4. The predicted octanol–water partition coefficient (Wildman–Crippen LogP) is 5.37. The summed E-state index contributed by atoms with van der Waals surface area (Å²) in [4.78, 5) is 39.4. The molecule has 36 heavy (non-hydrogen) atoms. The van der Waals surface area contributed by atoms with Gasteiger partial charge in [0.25, 0.3) is 11.8 Å². The Balaban J connectivity index is 1.63. The molecule has 3 aromatic carbocycles. The first-order valence-corrected chi connectivity index (χ1v) is 11.8. The van der Waals surface area contributed by atoms with Crippen LogP contribution in [0.1, 0.15) is 11.1 Å². The van der Waals surface area contributed by atoms with Gasteiger partial charge in [-0.15, -0.1) is 0 Å². The third kappa shape index (κ3) is 5.22. The maximum Gasteiger partial charge on any atom is 0.336 e. The van der Waals surface area contributed by atoms with Gasteiger partial charge in [-0.2, -0.15) is 0 Å². The zero-order chi connectivity index (χ0) is 25.8. The van der Waals surface area contributed by atoms with E-state index >= 15 is 0 Å². The summed E-state index contributed by atoms with van der Waals surface area (Å²) >= 11 is 9.61. The van der Waals surface area contributed by atoms with Crippen molar-refractivity contribution < 1.29 is 28.6 Å². The molecule has 184 valence electrons. The third-order valence-corrected chi connectivity index (χ3v) is 6.22. The van der Waals surface area contributed by atoms with Gasteiger partial charge in [-0.1, -0.05) is 48.0 Å². The van der Waals surface area contributed by atoms with Crippen molar-refractivity contribution in [1.29, 1.82) is 0 Å². The molecule has 0 saturated carbocycles. The lowest BCUT2D eigenvalue weighted by molar-refractivity contribution is -0.122. The molecule has 1 N–H and O–H groups in total. The maximum absolute atomic E-state index is 13.3. The Labute approximate surface area is 220 Å². The standard InChI is InChI=1S/C26H20BrClN2O6/c1-34-22-13-20(23(35-2)12-19(22)28)30-25(32)17(24(31)29-26(30)33)10-16-8-9-21(18(27)11-16)36-14-15-6-4-3-5-7-15/h3-13H,14H2,1-2H3,(H,29,31,33)/b17-10+. The Kier molecular flexibility index (Phi) is 7.61. The van der Waals surface area contributed by atoms with Gasteiger partial charge in [0.05, 0.1) is 29.4 Å². The monoisotopic (exact) mass is 570 g/mol. The Morgan fingerprint density at radius 3 is 2.33 bits per heavy atom. The molecule has 3 aromatic rings. The molecule has 0 aromatic heterocycles. The van der Waals surface area contributed by atoms with Gasteiger partial charge in [-0.3, -0.25) is 14.9 Å². The second kappa shape index (κ2) is 10.8. The minimum absolute atomic E-state index is 0.0745. The topological polar surface area (TPSA) is 94.2 Å². The molecule has 10 heteroatoms. The van der Waals surface area contributed by atoms with E-state index in [9.17, 15) is 14.4 Å². The first-order chi connectivity index (χ1) is 17.3. The molecule has 4 amide bonds. The van der Waals surface area contributed by atoms with Gasteiger partial charge < -0.3 is 14.2 Å². The van der Waals surface area contributed by atoms with E-state index < -0.39 is 17.8 Å². The molecule has 0 spiro atoms. The zero-order valence-corrected chi connectivity index (χ0v) is 21.6. The molecule has 0 radical (unpaired) electrons. The van der Waals surface area contributed by atoms with Crippen LogP contribution < -0.4 is 24.4 Å². The third-order valence-electron chi connectivity index (χ3n) is 5.30. The number of hydrogen-bond acceptors (Lipinski definition) is 6. The molecule has 1 aliphatic heterocycles. The van der Waals surface area contributed by atoms with Crippen LogP contribution >= 0.6 is 27.5 Å². The molecule has 1 heterocycles. The number of hydrogen-bond donors (Lipinski definition) is 1. The van der Waals surface area contributed by atoms with Crippen LogP contribution in [-0.4, -0.2) is 32.1 Å². The molecule has 8 nitrogen and oxygen atoms in total. The number of carbonyl (C=O) groups excluding carboxylic acids is 3. The minimum atomic E-state index is -0.921. The molecular weight excluding hydrogens is 552 g/mol. The van der Waals surface area contributed by atoms with Gasteiger partial charge in [0.15, 0.2) is 0 Å². The number of benzene rings is 3. The van der Waals surface area contributed by atoms with E-state index in [1.165, 1.54) is 32.4 Å². The quantitative estimate of drug-likeness (QED) is 0.303. The van der Waals surface area contributed by atoms with Crippen molar-refractivity contribution >= 4 is 57.1 Å². The maximum atomic E-state index is 13.3. The number of anilines is 1. The number of ether oxygens (including phenoxy) is 3. The Hall–Kier alpha value is -3.82. The number of imide groups is 2. The fourth-order valence-electron chi connectivity index (χ4n) is 3.52. The van der Waals surface area contributed by atoms with Crippen LogP contribution in [0.15, 0.2) is 70.7 Å². The Bertz CT molecular complexity index is 1380. The predicted molar refractivity (Wildman–Crippen MR) is 138 cm³/mol. The van der Waals surface area contributed by atoms with Gasteiger partial charge >= 0.3 is 6.03 Å². The summed E-state index contributed by atoms with van der Waals surface area (Å²) in [7, 11) is 2.77. The molecule has 0 atom stereocenters. The van der Waals surface area contributed by atoms with Crippen molar-refractivity contribution in [2.45, 2.75) is 6.61 Å². The van der Waals surface area contributed by atoms with E-state index in [2.05, 4.69) is 21.2 Å². The summed E-state index contributed by atoms with van der Waals surface area (Å²) < 4.78 is 17.0. The highest BCUT2D eigenvalue weighted by molar-refractivity contribution is 9.10. The van der Waals surface area contributed by atoms with Crippen molar-refractivity contribution in [3.63, 3.8) is 0 Å². The number of rotatable bonds is 7. The van der Waals surface area contributed by atoms with Crippen molar-refractivity contribution in [3.05, 3.63) is 86.9 Å². The van der Waals surface area contributed by atoms with Gasteiger partial charge in [0, 0.05) is 12.1 Å². The Morgan fingerprint density at radius 1 is 0.944 bits per heavy atom. The van der Waals surface area contributed by atoms with Crippen LogP contribution in [0, 0.1) is 0 Å². The number of barbiturate groups is 1. The van der Waals surface area contributed by atoms with Crippen molar-refractivity contribution in [3.8, 4) is 17.2 Å². The SMILES string of the molecule is COc1cc(N2C(=O)NC(=O)/C(=C\c3ccc(OCc4ccccc4)c(Br)c3)C2=O)c(OC)cc1Cl. The lowest BCUT2D eigenvalue weighted by Gasteiger charge is -2.28. The summed E-state index contributed by atoms with van der Waals surface area (Å²) in [5.74, 6) is -0.671. The van der Waals surface area contributed by atoms with Crippen molar-refractivity contribution in [2.75, 3.05) is 19.1 Å². The van der Waals surface area contributed by atoms with Crippen LogP contribution in [0.5, 0.6) is 17.2 Å². The summed E-state index contributed by atoms with van der Waals surface area (Å²) in [6.45, 7) is 0.379. The zero-order valence-electron chi connectivity index (χ0n) is 19.2. The second-order valence-electron chi connectivity index (χ2n) is 7.58. The molecule has 0 unspecified atom stereocenters. The van der Waals surface area contributed by atoms with E-state index in [0.717, 1.165) is 10.5 Å². The van der Waals surface area contributed by atoms with Crippen LogP contribution in [0.25, 0.3) is 6.08 Å². The van der Waals surface area contributed by atoms with Crippen LogP contribution in [-0.2, 0) is 16.2 Å². The first kappa shape index (κ1) is 25.3. The smallest absolute Gasteiger partial charge is 0.336 e. The molecular formula is C26H20BrClN2O6. The molecule has 0 bridgehead atoms. The van der Waals surface area contributed by atoms with Crippen molar-refractivity contribution in [2.24, 2.45) is 0 Å². The number of carbonyl (C=O) groups is 3. The summed E-state index contributed by atoms with van der Waals surface area (Å²) in [5, 5.41) is 2.42. The van der Waals surface area contributed by atoms with Gasteiger partial charge in [0.1, 0.15) is 29.4 Å². The molecule has 1 aliphatic rings. The average Bonchev–Trinajstić information content (AvgIpc) is 2.87. The molecule has 0 aliphatic carbocycles. The Morgan fingerprint density at radius 2 is 1.67 bits per heavy atom. The second-order valence-corrected chi connectivity index (χ2v) is 8.84. The summed E-state index contributed by atoms with van der Waals surface area (Å²) in [6.07, 6.45) is 1.39. The fraction of sp³-hybridized carbons (Fsp3) is 0.115. The normalized spacial score (nSPS) is 14.6. The van der Waals surface area contributed by atoms with E-state index in [-0.39, 0.29) is 27.8 Å². The fourth-order valence-corrected chi connectivity index (χ4v) is 4.26. The van der Waals surface area contributed by atoms with Crippen molar-refractivity contribution in [1.82, 2.24) is 5.32 Å². The largest absolute Gasteiger partial charge is 0.495 e. The van der Waals surface area contributed by atoms with Crippen LogP contribution in [0.2, 0.25) is 5.02 Å². The highest BCUT2D eigenvalue weighted by Gasteiger charge is 2.38. The highest BCUT2D eigenvalue weighted by Crippen LogP contribution is 2.39. The molecule has 1 fully saturated rings. The molecule has 4 rings (SSSR count). The number of nitrogens with zero attached hydrogens (tertiary/aromatic N) is 1. The average molecular weight is 572 g/mol. The van der Waals surface area contributed by atoms with E-state index in [0.29, 0.717) is 22.4 Å². The van der Waals surface area contributed by atoms with Crippen LogP contribution in [0.3, 0.4) is 0 Å². The number of halogens is 2. The van der Waals surface area contributed by atoms with E-state index in [1.807, 2.05) is 30.3 Å².